The molecule has 0 aliphatic heterocycles. The molecule has 0 fully saturated rings. The molecule has 13 heteroatoms. The summed E-state index contributed by atoms with van der Waals surface area (Å²) >= 11 is 0. The number of aliphatic carboxylic acids is 1. The van der Waals surface area contributed by atoms with Gasteiger partial charge in [-0.25, -0.2) is 0 Å². The van der Waals surface area contributed by atoms with Crippen LogP contribution in [0.25, 0.3) is 0 Å². The molecule has 3 unspecified atom stereocenters. The summed E-state index contributed by atoms with van der Waals surface area (Å²) in [6.07, 6.45) is 10.1. The molecule has 0 aliphatic rings. The summed E-state index contributed by atoms with van der Waals surface area (Å²) in [5.74, 6) is -0.785. The molecule has 2 amide bonds. The minimum absolute atomic E-state index is 0.000881. The lowest BCUT2D eigenvalue weighted by Gasteiger charge is -2.23. The first-order valence-corrected chi connectivity index (χ1v) is 17.3. The van der Waals surface area contributed by atoms with Gasteiger partial charge in [0.15, 0.2) is 11.0 Å². The van der Waals surface area contributed by atoms with Crippen molar-refractivity contribution in [1.29, 1.82) is 0 Å². The molecule has 0 saturated carbocycles. The van der Waals surface area contributed by atoms with Crippen LogP contribution in [0, 0.1) is 0 Å². The number of amides is 2. The predicted molar refractivity (Wildman–Crippen MR) is 161 cm³/mol. The number of carboxylic acid groups (broad SMARTS) is 1. The highest BCUT2D eigenvalue weighted by molar-refractivity contribution is 8.11. The molecule has 0 rings (SSSR count). The predicted octanol–water partition coefficient (Wildman–Crippen LogP) is 3.91. The molecule has 0 spiro atoms. The number of nitrogens with one attached hydrogen (secondary N) is 1. The van der Waals surface area contributed by atoms with Gasteiger partial charge in [-0.3, -0.25) is 24.0 Å². The van der Waals surface area contributed by atoms with E-state index in [1.165, 1.54) is 0 Å². The maximum absolute atomic E-state index is 12.7. The van der Waals surface area contributed by atoms with Crippen molar-refractivity contribution in [2.24, 2.45) is 0 Å². The van der Waals surface area contributed by atoms with Crippen LogP contribution in [0.5, 0.6) is 0 Å². The third kappa shape index (κ3) is 26.9. The van der Waals surface area contributed by atoms with E-state index in [9.17, 15) is 24.0 Å². The Hall–Kier alpha value is -1.04. The maximum atomic E-state index is 12.7. The van der Waals surface area contributed by atoms with Gasteiger partial charge in [-0.2, -0.15) is 0 Å². The van der Waals surface area contributed by atoms with Gasteiger partial charge in [0.2, 0.25) is 11.8 Å². The molecule has 0 heterocycles. The summed E-state index contributed by atoms with van der Waals surface area (Å²) < 4.78 is 11.0. The van der Waals surface area contributed by atoms with Crippen LogP contribution in [-0.2, 0) is 33.4 Å². The fourth-order valence-corrected chi connectivity index (χ4v) is 4.46. The Bertz CT molecular complexity index is 713. The maximum Gasteiger partial charge on any atom is 0.303 e. The van der Waals surface area contributed by atoms with Gasteiger partial charge in [0.1, 0.15) is 0 Å². The average molecular weight is 611 g/mol. The van der Waals surface area contributed by atoms with Crippen LogP contribution in [-0.4, -0.2) is 84.9 Å². The molecule has 0 aromatic heterocycles. The number of hydrogen-bond acceptors (Lipinski definition) is 7. The largest absolute Gasteiger partial charge is 0.481 e. The fraction of sp³-hybridized carbons (Fsp3) is 0.808. The lowest BCUT2D eigenvalue weighted by Crippen LogP contribution is -2.37. The standard InChI is InChI=1S/C26H49N2O8P3/c29-22(10-7-5-3-1-2-4-6-8-12-24(31)32)27-15-9-11-23(30)28(16-20-35-18-13-25(33)37)17-21-36-19-14-26(34)39-38/h39H,1-21,37-38H2,(H,27,29)(H,31,32). The Kier molecular flexibility index (Phi) is 26.4. The van der Waals surface area contributed by atoms with Gasteiger partial charge in [-0.05, 0) is 27.5 Å². The molecule has 39 heavy (non-hydrogen) atoms. The molecular formula is C26H49N2O8P3. The molecule has 0 aromatic carbocycles. The van der Waals surface area contributed by atoms with Gasteiger partial charge in [0.05, 0.1) is 26.4 Å². The smallest absolute Gasteiger partial charge is 0.303 e. The first-order valence-electron chi connectivity index (χ1n) is 14.0. The van der Waals surface area contributed by atoms with Crippen molar-refractivity contribution < 1.29 is 38.6 Å². The van der Waals surface area contributed by atoms with Crippen molar-refractivity contribution >= 4 is 55.3 Å². The van der Waals surface area contributed by atoms with Crippen LogP contribution in [0.15, 0.2) is 0 Å². The van der Waals surface area contributed by atoms with E-state index in [1.54, 1.807) is 4.90 Å². The molecule has 0 bridgehead atoms. The van der Waals surface area contributed by atoms with E-state index in [2.05, 4.69) is 23.5 Å². The monoisotopic (exact) mass is 610 g/mol. The Morgan fingerprint density at radius 2 is 1.23 bits per heavy atom. The Morgan fingerprint density at radius 1 is 0.692 bits per heavy atom. The van der Waals surface area contributed by atoms with Gasteiger partial charge in [0.25, 0.3) is 0 Å². The first-order chi connectivity index (χ1) is 18.8. The minimum Gasteiger partial charge on any atom is -0.481 e. The first kappa shape index (κ1) is 38.0. The van der Waals surface area contributed by atoms with E-state index in [0.29, 0.717) is 78.2 Å². The topological polar surface area (TPSA) is 139 Å². The second-order valence-corrected chi connectivity index (χ2v) is 11.7. The molecule has 3 atom stereocenters. The zero-order chi connectivity index (χ0) is 29.1. The normalized spacial score (nSPS) is 11.1. The number of carbonyl (C=O) groups excluding carboxylic acids is 4. The Labute approximate surface area is 239 Å². The van der Waals surface area contributed by atoms with Crippen molar-refractivity contribution in [3.05, 3.63) is 0 Å². The molecule has 10 nitrogen and oxygen atoms in total. The summed E-state index contributed by atoms with van der Waals surface area (Å²) in [6.45, 7) is 2.48. The van der Waals surface area contributed by atoms with E-state index in [0.717, 1.165) is 51.4 Å². The zero-order valence-corrected chi connectivity index (χ0v) is 26.6. The molecule has 226 valence electrons. The van der Waals surface area contributed by atoms with Crippen molar-refractivity contribution in [2.45, 2.75) is 89.9 Å². The van der Waals surface area contributed by atoms with E-state index in [-0.39, 0.29) is 37.6 Å². The summed E-state index contributed by atoms with van der Waals surface area (Å²) in [6, 6.07) is 0. The minimum atomic E-state index is -0.733. The number of nitrogens with zero attached hydrogens (tertiary/aromatic N) is 1. The van der Waals surface area contributed by atoms with Crippen LogP contribution in [0.3, 0.4) is 0 Å². The molecule has 0 saturated heterocycles. The second kappa shape index (κ2) is 27.1. The van der Waals surface area contributed by atoms with E-state index < -0.39 is 5.97 Å². The summed E-state index contributed by atoms with van der Waals surface area (Å²) in [5.41, 5.74) is 0.106. The Morgan fingerprint density at radius 3 is 1.77 bits per heavy atom. The van der Waals surface area contributed by atoms with Crippen LogP contribution in [0.4, 0.5) is 0 Å². The quantitative estimate of drug-likeness (QED) is 0.100. The second-order valence-electron chi connectivity index (χ2n) is 9.32. The lowest BCUT2D eigenvalue weighted by atomic mass is 10.1. The molecule has 0 aromatic rings. The van der Waals surface area contributed by atoms with E-state index in [4.69, 9.17) is 14.6 Å². The van der Waals surface area contributed by atoms with Crippen LogP contribution >= 0.6 is 26.4 Å². The van der Waals surface area contributed by atoms with Crippen LogP contribution < -0.4 is 5.32 Å². The zero-order valence-electron chi connectivity index (χ0n) is 23.3. The summed E-state index contributed by atoms with van der Waals surface area (Å²) in [5, 5.41) is 11.5. The lowest BCUT2D eigenvalue weighted by molar-refractivity contribution is -0.137. The van der Waals surface area contributed by atoms with E-state index >= 15 is 0 Å². The number of unbranched alkanes of at least 4 members (excludes halogenated alkanes) is 7. The highest BCUT2D eigenvalue weighted by atomic mass is 32.0. The SMILES string of the molecule is O=C(O)CCCCCCCCCCC(=O)NCCCC(=O)N(CCOCCC(=O)P)CCOCCC(=O)PP. The molecule has 2 N–H and O–H groups in total. The molecule has 0 aliphatic carbocycles. The van der Waals surface area contributed by atoms with Crippen molar-refractivity contribution in [3.8, 4) is 0 Å². The van der Waals surface area contributed by atoms with Crippen LogP contribution in [0.1, 0.15) is 89.9 Å². The van der Waals surface area contributed by atoms with Crippen molar-refractivity contribution in [2.75, 3.05) is 46.1 Å². The third-order valence-corrected chi connectivity index (χ3v) is 7.75. The van der Waals surface area contributed by atoms with Crippen molar-refractivity contribution in [1.82, 2.24) is 10.2 Å². The van der Waals surface area contributed by atoms with Crippen molar-refractivity contribution in [3.63, 3.8) is 0 Å². The van der Waals surface area contributed by atoms with Crippen LogP contribution in [0.2, 0.25) is 0 Å². The summed E-state index contributed by atoms with van der Waals surface area (Å²) in [4.78, 5) is 59.3. The highest BCUT2D eigenvalue weighted by Gasteiger charge is 2.14. The van der Waals surface area contributed by atoms with Gasteiger partial charge in [-0.1, -0.05) is 47.8 Å². The number of carbonyl (C=O) groups is 5. The molecular weight excluding hydrogens is 561 g/mol. The van der Waals surface area contributed by atoms with Gasteiger partial charge < -0.3 is 24.8 Å². The number of ether oxygens (including phenoxy) is 2. The highest BCUT2D eigenvalue weighted by Crippen LogP contribution is 2.22. The van der Waals surface area contributed by atoms with Gasteiger partial charge >= 0.3 is 5.97 Å². The van der Waals surface area contributed by atoms with Gasteiger partial charge in [-0.15, -0.1) is 8.93 Å². The molecule has 0 radical (unpaired) electrons. The van der Waals surface area contributed by atoms with E-state index in [1.807, 2.05) is 0 Å². The number of carboxylic acids is 1. The number of hydrogen-bond donors (Lipinski definition) is 2. The average Bonchev–Trinajstić information content (AvgIpc) is 2.89. The number of rotatable bonds is 28. The third-order valence-electron chi connectivity index (χ3n) is 5.93. The summed E-state index contributed by atoms with van der Waals surface area (Å²) in [7, 11) is 4.70. The van der Waals surface area contributed by atoms with Gasteiger partial charge in [0, 0.05) is 51.7 Å². The Balaban J connectivity index is 4.04. The fourth-order valence-electron chi connectivity index (χ4n) is 3.66.